The van der Waals surface area contributed by atoms with Gasteiger partial charge in [0, 0.05) is 33.4 Å². The van der Waals surface area contributed by atoms with Gasteiger partial charge in [0.05, 0.1) is 13.7 Å². The van der Waals surface area contributed by atoms with Gasteiger partial charge >= 0.3 is 0 Å². The van der Waals surface area contributed by atoms with Gasteiger partial charge in [-0.2, -0.15) is 0 Å². The van der Waals surface area contributed by atoms with E-state index < -0.39 is 0 Å². The van der Waals surface area contributed by atoms with Gasteiger partial charge in [0.2, 0.25) is 0 Å². The summed E-state index contributed by atoms with van der Waals surface area (Å²) in [4.78, 5) is 7.01. The molecule has 0 unspecified atom stereocenters. The quantitative estimate of drug-likeness (QED) is 0.616. The van der Waals surface area contributed by atoms with Gasteiger partial charge in [0.25, 0.3) is 0 Å². The summed E-state index contributed by atoms with van der Waals surface area (Å²) in [5, 5.41) is 3.39. The largest absolute Gasteiger partial charge is 0.497 e. The van der Waals surface area contributed by atoms with Crippen LogP contribution in [0.15, 0.2) is 29.3 Å². The highest BCUT2D eigenvalue weighted by Crippen LogP contribution is 2.18. The number of nitrogens with zero attached hydrogens (tertiary/aromatic N) is 2. The number of benzene rings is 1. The Morgan fingerprint density at radius 3 is 2.88 bits per heavy atom. The summed E-state index contributed by atoms with van der Waals surface area (Å²) in [6.07, 6.45) is 3.57. The predicted octanol–water partition coefficient (Wildman–Crippen LogP) is 2.91. The van der Waals surface area contributed by atoms with Crippen LogP contribution in [0.25, 0.3) is 0 Å². The number of hydrogen-bond acceptors (Lipinski definition) is 3. The molecule has 1 heterocycles. The summed E-state index contributed by atoms with van der Waals surface area (Å²) in [6, 6.07) is 8.08. The summed E-state index contributed by atoms with van der Waals surface area (Å²) in [6.45, 7) is 6.48. The van der Waals surface area contributed by atoms with Gasteiger partial charge in [0.15, 0.2) is 5.96 Å². The molecule has 5 heteroatoms. The topological polar surface area (TPSA) is 46.1 Å². The fourth-order valence-corrected chi connectivity index (χ4v) is 2.92. The number of methoxy groups -OCH3 is 1. The fourth-order valence-electron chi connectivity index (χ4n) is 2.92. The molecule has 1 aliphatic heterocycles. The van der Waals surface area contributed by atoms with Gasteiger partial charge in [-0.3, -0.25) is 0 Å². The SMILES string of the molecule is CCNC(=NCc1cccc(OC)c1)N(C)CCC1CCOCC1. The van der Waals surface area contributed by atoms with E-state index in [9.17, 15) is 0 Å². The number of aliphatic imine (C=N–C) groups is 1. The Balaban J connectivity index is 1.90. The molecule has 0 spiro atoms. The van der Waals surface area contributed by atoms with Crippen molar-refractivity contribution in [3.8, 4) is 5.75 Å². The maximum atomic E-state index is 5.44. The fraction of sp³-hybridized carbons (Fsp3) is 0.632. The van der Waals surface area contributed by atoms with E-state index in [-0.39, 0.29) is 0 Å². The van der Waals surface area contributed by atoms with Crippen molar-refractivity contribution in [3.05, 3.63) is 29.8 Å². The molecule has 1 saturated heterocycles. The van der Waals surface area contributed by atoms with Gasteiger partial charge in [-0.1, -0.05) is 12.1 Å². The molecule has 0 atom stereocenters. The summed E-state index contributed by atoms with van der Waals surface area (Å²) in [5.74, 6) is 2.62. The summed E-state index contributed by atoms with van der Waals surface area (Å²) >= 11 is 0. The third-order valence-electron chi connectivity index (χ3n) is 4.46. The number of hydrogen-bond donors (Lipinski definition) is 1. The van der Waals surface area contributed by atoms with E-state index in [0.29, 0.717) is 6.54 Å². The zero-order valence-corrected chi connectivity index (χ0v) is 15.3. The first-order valence-electron chi connectivity index (χ1n) is 8.93. The Hall–Kier alpha value is -1.75. The summed E-state index contributed by atoms with van der Waals surface area (Å²) in [7, 11) is 3.81. The maximum Gasteiger partial charge on any atom is 0.193 e. The van der Waals surface area contributed by atoms with Crippen molar-refractivity contribution in [2.45, 2.75) is 32.7 Å². The third-order valence-corrected chi connectivity index (χ3v) is 4.46. The first-order valence-corrected chi connectivity index (χ1v) is 8.93. The Kier molecular flexibility index (Phi) is 7.89. The first-order chi connectivity index (χ1) is 11.7. The van der Waals surface area contributed by atoms with Crippen LogP contribution >= 0.6 is 0 Å². The van der Waals surface area contributed by atoms with Gasteiger partial charge in [-0.05, 0) is 49.8 Å². The maximum absolute atomic E-state index is 5.44. The molecule has 0 radical (unpaired) electrons. The van der Waals surface area contributed by atoms with Crippen molar-refractivity contribution < 1.29 is 9.47 Å². The van der Waals surface area contributed by atoms with E-state index in [4.69, 9.17) is 14.5 Å². The Morgan fingerprint density at radius 2 is 2.17 bits per heavy atom. The Bertz CT molecular complexity index is 513. The zero-order chi connectivity index (χ0) is 17.2. The van der Waals surface area contributed by atoms with Crippen LogP contribution in [0.2, 0.25) is 0 Å². The predicted molar refractivity (Wildman–Crippen MR) is 98.6 cm³/mol. The van der Waals surface area contributed by atoms with Gasteiger partial charge in [0.1, 0.15) is 5.75 Å². The van der Waals surface area contributed by atoms with Crippen LogP contribution in [0.4, 0.5) is 0 Å². The molecule has 0 bridgehead atoms. The average molecular weight is 333 g/mol. The number of ether oxygens (including phenoxy) is 2. The highest BCUT2D eigenvalue weighted by molar-refractivity contribution is 5.79. The van der Waals surface area contributed by atoms with E-state index in [1.165, 1.54) is 19.3 Å². The highest BCUT2D eigenvalue weighted by atomic mass is 16.5. The van der Waals surface area contributed by atoms with Crippen LogP contribution in [0.1, 0.15) is 31.7 Å². The average Bonchev–Trinajstić information content (AvgIpc) is 2.64. The van der Waals surface area contributed by atoms with E-state index in [2.05, 4.69) is 30.3 Å². The zero-order valence-electron chi connectivity index (χ0n) is 15.3. The van der Waals surface area contributed by atoms with E-state index in [1.807, 2.05) is 18.2 Å². The summed E-state index contributed by atoms with van der Waals surface area (Å²) in [5.41, 5.74) is 1.16. The second-order valence-electron chi connectivity index (χ2n) is 6.29. The Labute approximate surface area is 146 Å². The molecule has 134 valence electrons. The lowest BCUT2D eigenvalue weighted by molar-refractivity contribution is 0.0625. The van der Waals surface area contributed by atoms with Gasteiger partial charge in [-0.15, -0.1) is 0 Å². The van der Waals surface area contributed by atoms with Crippen molar-refractivity contribution in [3.63, 3.8) is 0 Å². The molecule has 2 rings (SSSR count). The minimum absolute atomic E-state index is 0.654. The minimum atomic E-state index is 0.654. The van der Waals surface area contributed by atoms with Crippen molar-refractivity contribution in [2.24, 2.45) is 10.9 Å². The van der Waals surface area contributed by atoms with Gasteiger partial charge < -0.3 is 19.7 Å². The molecule has 1 aromatic rings. The standard InChI is InChI=1S/C19H31N3O2/c1-4-20-19(21-15-17-6-5-7-18(14-17)23-3)22(2)11-8-16-9-12-24-13-10-16/h5-7,14,16H,4,8-13,15H2,1-3H3,(H,20,21). The normalized spacial score (nSPS) is 16.0. The van der Waals surface area contributed by atoms with Crippen LogP contribution in [0.3, 0.4) is 0 Å². The molecule has 24 heavy (non-hydrogen) atoms. The minimum Gasteiger partial charge on any atom is -0.497 e. The molecule has 0 aromatic heterocycles. The highest BCUT2D eigenvalue weighted by Gasteiger charge is 2.15. The molecule has 5 nitrogen and oxygen atoms in total. The first kappa shape index (κ1) is 18.6. The van der Waals surface area contributed by atoms with Crippen LogP contribution in [0.5, 0.6) is 5.75 Å². The second kappa shape index (κ2) is 10.2. The van der Waals surface area contributed by atoms with E-state index >= 15 is 0 Å². The lowest BCUT2D eigenvalue weighted by atomic mass is 9.96. The third kappa shape index (κ3) is 6.04. The smallest absolute Gasteiger partial charge is 0.193 e. The van der Waals surface area contributed by atoms with E-state index in [0.717, 1.165) is 49.5 Å². The molecular weight excluding hydrogens is 302 g/mol. The van der Waals surface area contributed by atoms with Crippen LogP contribution in [-0.2, 0) is 11.3 Å². The van der Waals surface area contributed by atoms with Crippen LogP contribution in [-0.4, -0.2) is 51.3 Å². The molecule has 1 aromatic carbocycles. The van der Waals surface area contributed by atoms with Crippen LogP contribution < -0.4 is 10.1 Å². The number of rotatable bonds is 7. The lowest BCUT2D eigenvalue weighted by Gasteiger charge is -2.26. The molecule has 0 amide bonds. The molecular formula is C19H31N3O2. The second-order valence-corrected chi connectivity index (χ2v) is 6.29. The van der Waals surface area contributed by atoms with Gasteiger partial charge in [-0.25, -0.2) is 4.99 Å². The van der Waals surface area contributed by atoms with Crippen molar-refractivity contribution >= 4 is 5.96 Å². The molecule has 0 saturated carbocycles. The van der Waals surface area contributed by atoms with Crippen molar-refractivity contribution in [2.75, 3.05) is 40.5 Å². The number of guanidine groups is 1. The monoisotopic (exact) mass is 333 g/mol. The summed E-state index contributed by atoms with van der Waals surface area (Å²) < 4.78 is 10.7. The Morgan fingerprint density at radius 1 is 1.38 bits per heavy atom. The molecule has 1 aliphatic rings. The molecule has 0 aliphatic carbocycles. The van der Waals surface area contributed by atoms with Crippen molar-refractivity contribution in [1.82, 2.24) is 10.2 Å². The molecule has 1 fully saturated rings. The van der Waals surface area contributed by atoms with Crippen LogP contribution in [0, 0.1) is 5.92 Å². The molecule has 1 N–H and O–H groups in total. The lowest BCUT2D eigenvalue weighted by Crippen LogP contribution is -2.40. The van der Waals surface area contributed by atoms with Crippen molar-refractivity contribution in [1.29, 1.82) is 0 Å². The van der Waals surface area contributed by atoms with E-state index in [1.54, 1.807) is 7.11 Å². The number of nitrogens with one attached hydrogen (secondary N) is 1.